The molecule has 18 heavy (non-hydrogen) atoms. The normalized spacial score (nSPS) is 21.9. The van der Waals surface area contributed by atoms with E-state index in [4.69, 9.17) is 0 Å². The number of aryl methyl sites for hydroxylation is 1. The van der Waals surface area contributed by atoms with E-state index in [1.165, 1.54) is 5.56 Å². The third kappa shape index (κ3) is 1.87. The van der Waals surface area contributed by atoms with E-state index < -0.39 is 0 Å². The maximum atomic E-state index is 11.8. The van der Waals surface area contributed by atoms with Crippen LogP contribution in [0.4, 0.5) is 0 Å². The van der Waals surface area contributed by atoms with E-state index in [0.29, 0.717) is 0 Å². The van der Waals surface area contributed by atoms with E-state index in [0.717, 1.165) is 17.8 Å². The molecule has 0 amide bonds. The average molecular weight is 240 g/mol. The molecule has 1 aromatic carbocycles. The number of aromatic nitrogens is 1. The number of nitrogens with zero attached hydrogens (tertiary/aromatic N) is 1. The molecule has 1 fully saturated rings. The second-order valence-electron chi connectivity index (χ2n) is 5.15. The first-order valence-electron chi connectivity index (χ1n) is 6.14. The van der Waals surface area contributed by atoms with Crippen molar-refractivity contribution in [1.82, 2.24) is 9.88 Å². The van der Waals surface area contributed by atoms with Crippen molar-refractivity contribution in [3.8, 4) is 5.69 Å². The minimum atomic E-state index is 0.00380. The maximum Gasteiger partial charge on any atom is 0.255 e. The first kappa shape index (κ1) is 11.2. The molecule has 0 saturated carbocycles. The molecule has 92 valence electrons. The van der Waals surface area contributed by atoms with Crippen LogP contribution in [-0.4, -0.2) is 11.1 Å². The minimum Gasteiger partial charge on any atom is -0.304 e. The zero-order valence-electron chi connectivity index (χ0n) is 10.6. The van der Waals surface area contributed by atoms with Gasteiger partial charge in [-0.2, -0.15) is 0 Å². The van der Waals surface area contributed by atoms with Gasteiger partial charge in [0.05, 0.1) is 5.54 Å². The zero-order chi connectivity index (χ0) is 12.8. The van der Waals surface area contributed by atoms with E-state index in [9.17, 15) is 4.79 Å². The van der Waals surface area contributed by atoms with Crippen LogP contribution in [0.5, 0.6) is 0 Å². The summed E-state index contributed by atoms with van der Waals surface area (Å²) in [6.45, 7) is 5.19. The molecule has 3 nitrogen and oxygen atoms in total. The highest BCUT2D eigenvalue weighted by Crippen LogP contribution is 2.29. The molecule has 2 heterocycles. The first-order chi connectivity index (χ1) is 8.58. The van der Waals surface area contributed by atoms with Crippen LogP contribution in [0, 0.1) is 6.92 Å². The summed E-state index contributed by atoms with van der Waals surface area (Å²) in [5.74, 6) is 0. The highest BCUT2D eigenvalue weighted by Gasteiger charge is 2.37. The van der Waals surface area contributed by atoms with E-state index >= 15 is 0 Å². The molecule has 1 atom stereocenters. The first-order valence-corrected chi connectivity index (χ1v) is 6.14. The molecule has 0 spiro atoms. The Morgan fingerprint density at radius 2 is 1.83 bits per heavy atom. The second kappa shape index (κ2) is 3.82. The standard InChI is InChI=1S/C15H16N2O/c1-11-3-8-14(18)17(9-11)13-6-4-12(5-7-13)15(2)10-16-15/h3-9,16H,10H2,1-2H3. The zero-order valence-corrected chi connectivity index (χ0v) is 10.6. The Bertz CT molecular complexity index is 636. The third-order valence-electron chi connectivity index (χ3n) is 3.55. The largest absolute Gasteiger partial charge is 0.304 e. The van der Waals surface area contributed by atoms with Gasteiger partial charge in [-0.1, -0.05) is 18.2 Å². The lowest BCUT2D eigenvalue weighted by molar-refractivity contribution is 0.763. The van der Waals surface area contributed by atoms with Crippen molar-refractivity contribution in [1.29, 1.82) is 0 Å². The third-order valence-corrected chi connectivity index (χ3v) is 3.55. The van der Waals surface area contributed by atoms with Gasteiger partial charge in [0.15, 0.2) is 0 Å². The van der Waals surface area contributed by atoms with Crippen molar-refractivity contribution in [2.45, 2.75) is 19.4 Å². The lowest BCUT2D eigenvalue weighted by Gasteiger charge is -2.10. The molecule has 3 heteroatoms. The van der Waals surface area contributed by atoms with Gasteiger partial charge in [0.1, 0.15) is 0 Å². The average Bonchev–Trinajstić information content (AvgIpc) is 3.12. The van der Waals surface area contributed by atoms with Crippen LogP contribution in [-0.2, 0) is 5.54 Å². The molecule has 1 aromatic heterocycles. The van der Waals surface area contributed by atoms with Crippen molar-refractivity contribution < 1.29 is 0 Å². The fraction of sp³-hybridized carbons (Fsp3) is 0.267. The maximum absolute atomic E-state index is 11.8. The van der Waals surface area contributed by atoms with Crippen molar-refractivity contribution in [3.63, 3.8) is 0 Å². The number of hydrogen-bond acceptors (Lipinski definition) is 2. The lowest BCUT2D eigenvalue weighted by Crippen LogP contribution is -2.16. The SMILES string of the molecule is Cc1ccc(=O)n(-c2ccc(C3(C)CN3)cc2)c1. The number of pyridine rings is 1. The van der Waals surface area contributed by atoms with Crippen molar-refractivity contribution >= 4 is 0 Å². The van der Waals surface area contributed by atoms with Crippen LogP contribution in [0.25, 0.3) is 5.69 Å². The highest BCUT2D eigenvalue weighted by molar-refractivity contribution is 5.39. The summed E-state index contributed by atoms with van der Waals surface area (Å²) < 4.78 is 1.68. The summed E-state index contributed by atoms with van der Waals surface area (Å²) in [4.78, 5) is 11.8. The Kier molecular flexibility index (Phi) is 2.38. The molecule has 0 bridgehead atoms. The van der Waals surface area contributed by atoms with Crippen LogP contribution >= 0.6 is 0 Å². The summed E-state index contributed by atoms with van der Waals surface area (Å²) in [7, 11) is 0. The van der Waals surface area contributed by atoms with Gasteiger partial charge < -0.3 is 5.32 Å². The Morgan fingerprint density at radius 3 is 2.44 bits per heavy atom. The van der Waals surface area contributed by atoms with Gasteiger partial charge >= 0.3 is 0 Å². The van der Waals surface area contributed by atoms with E-state index in [-0.39, 0.29) is 11.1 Å². The molecular formula is C15H16N2O. The van der Waals surface area contributed by atoms with Gasteiger partial charge in [-0.15, -0.1) is 0 Å². The molecular weight excluding hydrogens is 224 g/mol. The fourth-order valence-electron chi connectivity index (χ4n) is 2.12. The smallest absolute Gasteiger partial charge is 0.255 e. The molecule has 1 N–H and O–H groups in total. The molecule has 1 unspecified atom stereocenters. The van der Waals surface area contributed by atoms with Gasteiger partial charge in [0, 0.05) is 24.5 Å². The number of rotatable bonds is 2. The second-order valence-corrected chi connectivity index (χ2v) is 5.15. The van der Waals surface area contributed by atoms with E-state index in [2.05, 4.69) is 24.4 Å². The summed E-state index contributed by atoms with van der Waals surface area (Å²) in [5.41, 5.74) is 3.40. The van der Waals surface area contributed by atoms with E-state index in [1.807, 2.05) is 31.3 Å². The molecule has 3 rings (SSSR count). The Labute approximate surface area is 106 Å². The highest BCUT2D eigenvalue weighted by atomic mass is 16.1. The summed E-state index contributed by atoms with van der Waals surface area (Å²) >= 11 is 0. The number of hydrogen-bond donors (Lipinski definition) is 1. The monoisotopic (exact) mass is 240 g/mol. The van der Waals surface area contributed by atoms with Gasteiger partial charge in [-0.3, -0.25) is 9.36 Å². The van der Waals surface area contributed by atoms with Crippen LogP contribution in [0.3, 0.4) is 0 Å². The van der Waals surface area contributed by atoms with Crippen LogP contribution in [0.2, 0.25) is 0 Å². The van der Waals surface area contributed by atoms with Crippen molar-refractivity contribution in [3.05, 3.63) is 64.1 Å². The predicted molar refractivity (Wildman–Crippen MR) is 72.1 cm³/mol. The fourth-order valence-corrected chi connectivity index (χ4v) is 2.12. The Morgan fingerprint density at radius 1 is 1.17 bits per heavy atom. The summed E-state index contributed by atoms with van der Waals surface area (Å²) in [5, 5.41) is 3.34. The van der Waals surface area contributed by atoms with Gasteiger partial charge in [-0.25, -0.2) is 0 Å². The summed E-state index contributed by atoms with van der Waals surface area (Å²) in [6, 6.07) is 11.6. The molecule has 2 aromatic rings. The van der Waals surface area contributed by atoms with Crippen LogP contribution in [0.15, 0.2) is 47.4 Å². The van der Waals surface area contributed by atoms with Crippen molar-refractivity contribution in [2.24, 2.45) is 0 Å². The Balaban J connectivity index is 2.02. The molecule has 0 aliphatic carbocycles. The quantitative estimate of drug-likeness (QED) is 0.815. The molecule has 1 aliphatic rings. The molecule has 0 radical (unpaired) electrons. The lowest BCUT2D eigenvalue weighted by atomic mass is 10.0. The number of nitrogens with one attached hydrogen (secondary N) is 1. The van der Waals surface area contributed by atoms with Gasteiger partial charge in [0.2, 0.25) is 0 Å². The number of benzene rings is 1. The topological polar surface area (TPSA) is 43.9 Å². The van der Waals surface area contributed by atoms with Crippen LogP contribution < -0.4 is 10.9 Å². The molecule has 1 aliphatic heterocycles. The van der Waals surface area contributed by atoms with E-state index in [1.54, 1.807) is 10.6 Å². The Hall–Kier alpha value is -1.87. The minimum absolute atomic E-state index is 0.00380. The van der Waals surface area contributed by atoms with Gasteiger partial charge in [-0.05, 0) is 37.1 Å². The van der Waals surface area contributed by atoms with Gasteiger partial charge in [0.25, 0.3) is 5.56 Å². The molecule has 1 saturated heterocycles. The van der Waals surface area contributed by atoms with Crippen molar-refractivity contribution in [2.75, 3.05) is 6.54 Å². The summed E-state index contributed by atoms with van der Waals surface area (Å²) in [6.07, 6.45) is 1.87. The van der Waals surface area contributed by atoms with Crippen LogP contribution in [0.1, 0.15) is 18.1 Å². The predicted octanol–water partition coefficient (Wildman–Crippen LogP) is 1.96.